The molecular weight excluding hydrogens is 248 g/mol. The molecule has 0 radical (unpaired) electrons. The summed E-state index contributed by atoms with van der Waals surface area (Å²) in [6, 6.07) is 10.7. The van der Waals surface area contributed by atoms with Gasteiger partial charge in [-0.1, -0.05) is 43.2 Å². The topological polar surface area (TPSA) is 38.5 Å². The van der Waals surface area contributed by atoms with Crippen LogP contribution in [0.4, 0.5) is 0 Å². The van der Waals surface area contributed by atoms with Gasteiger partial charge < -0.3 is 10.5 Å². The molecule has 2 rings (SSSR count). The number of benzene rings is 1. The van der Waals surface area contributed by atoms with Crippen LogP contribution in [0.1, 0.15) is 37.7 Å². The molecule has 0 aliphatic carbocycles. The molecule has 0 amide bonds. The SMILES string of the molecule is NCCCCCCOC1CCN(Cc2ccccc2)C1. The Hall–Kier alpha value is -0.900. The Bertz CT molecular complexity index is 355. The molecule has 1 heterocycles. The second-order valence-electron chi connectivity index (χ2n) is 5.71. The number of unbranched alkanes of at least 4 members (excludes halogenated alkanes) is 3. The third-order valence-electron chi connectivity index (χ3n) is 3.93. The second kappa shape index (κ2) is 9.11. The molecule has 1 aromatic rings. The molecule has 1 aromatic carbocycles. The third kappa shape index (κ3) is 5.61. The quantitative estimate of drug-likeness (QED) is 0.705. The first kappa shape index (κ1) is 15.5. The molecule has 1 aliphatic rings. The van der Waals surface area contributed by atoms with Crippen LogP contribution in [-0.4, -0.2) is 37.2 Å². The van der Waals surface area contributed by atoms with Crippen LogP contribution in [0.25, 0.3) is 0 Å². The van der Waals surface area contributed by atoms with Gasteiger partial charge in [0.05, 0.1) is 6.10 Å². The molecule has 3 nitrogen and oxygen atoms in total. The Labute approximate surface area is 123 Å². The van der Waals surface area contributed by atoms with Gasteiger partial charge in [-0.2, -0.15) is 0 Å². The molecule has 0 spiro atoms. The van der Waals surface area contributed by atoms with E-state index in [2.05, 4.69) is 35.2 Å². The van der Waals surface area contributed by atoms with Crippen molar-refractivity contribution in [2.24, 2.45) is 5.73 Å². The summed E-state index contributed by atoms with van der Waals surface area (Å²) in [4.78, 5) is 2.49. The minimum Gasteiger partial charge on any atom is -0.377 e. The van der Waals surface area contributed by atoms with Crippen LogP contribution in [0.5, 0.6) is 0 Å². The van der Waals surface area contributed by atoms with Gasteiger partial charge in [-0.25, -0.2) is 0 Å². The van der Waals surface area contributed by atoms with Crippen molar-refractivity contribution in [3.63, 3.8) is 0 Å². The summed E-state index contributed by atoms with van der Waals surface area (Å²) < 4.78 is 5.98. The van der Waals surface area contributed by atoms with Gasteiger partial charge in [0.15, 0.2) is 0 Å². The fourth-order valence-electron chi connectivity index (χ4n) is 2.77. The number of ether oxygens (including phenoxy) is 1. The summed E-state index contributed by atoms with van der Waals surface area (Å²) in [7, 11) is 0. The van der Waals surface area contributed by atoms with Crippen molar-refractivity contribution in [3.05, 3.63) is 35.9 Å². The van der Waals surface area contributed by atoms with E-state index in [1.54, 1.807) is 0 Å². The highest BCUT2D eigenvalue weighted by Crippen LogP contribution is 2.16. The average Bonchev–Trinajstić information content (AvgIpc) is 2.91. The van der Waals surface area contributed by atoms with Crippen LogP contribution in [0.15, 0.2) is 30.3 Å². The largest absolute Gasteiger partial charge is 0.377 e. The number of nitrogens with two attached hydrogens (primary N) is 1. The maximum absolute atomic E-state index is 5.98. The van der Waals surface area contributed by atoms with E-state index < -0.39 is 0 Å². The number of nitrogens with zero attached hydrogens (tertiary/aromatic N) is 1. The van der Waals surface area contributed by atoms with Crippen molar-refractivity contribution >= 4 is 0 Å². The fraction of sp³-hybridized carbons (Fsp3) is 0.647. The molecule has 0 aromatic heterocycles. The summed E-state index contributed by atoms with van der Waals surface area (Å²) in [5.41, 5.74) is 6.88. The smallest absolute Gasteiger partial charge is 0.0714 e. The zero-order valence-electron chi connectivity index (χ0n) is 12.5. The molecule has 0 bridgehead atoms. The van der Waals surface area contributed by atoms with Crippen molar-refractivity contribution < 1.29 is 4.74 Å². The monoisotopic (exact) mass is 276 g/mol. The minimum atomic E-state index is 0.438. The van der Waals surface area contributed by atoms with Crippen LogP contribution in [0.3, 0.4) is 0 Å². The Morgan fingerprint density at radius 3 is 2.70 bits per heavy atom. The van der Waals surface area contributed by atoms with Gasteiger partial charge in [0, 0.05) is 26.2 Å². The van der Waals surface area contributed by atoms with Crippen LogP contribution >= 0.6 is 0 Å². The predicted octanol–water partition coefficient (Wildman–Crippen LogP) is 2.80. The van der Waals surface area contributed by atoms with Gasteiger partial charge in [-0.05, 0) is 31.4 Å². The number of hydrogen-bond acceptors (Lipinski definition) is 3. The molecule has 20 heavy (non-hydrogen) atoms. The van der Waals surface area contributed by atoms with Crippen molar-refractivity contribution in [2.45, 2.75) is 44.8 Å². The van der Waals surface area contributed by atoms with E-state index in [0.717, 1.165) is 39.2 Å². The van der Waals surface area contributed by atoms with Gasteiger partial charge in [-0.15, -0.1) is 0 Å². The lowest BCUT2D eigenvalue weighted by Crippen LogP contribution is -2.23. The summed E-state index contributed by atoms with van der Waals surface area (Å²) in [5, 5.41) is 0. The Kier molecular flexibility index (Phi) is 7.06. The van der Waals surface area contributed by atoms with E-state index in [1.165, 1.54) is 31.2 Å². The lowest BCUT2D eigenvalue weighted by molar-refractivity contribution is 0.0559. The van der Waals surface area contributed by atoms with E-state index in [9.17, 15) is 0 Å². The van der Waals surface area contributed by atoms with Crippen molar-refractivity contribution in [1.29, 1.82) is 0 Å². The van der Waals surface area contributed by atoms with E-state index in [-0.39, 0.29) is 0 Å². The lowest BCUT2D eigenvalue weighted by Gasteiger charge is -2.16. The van der Waals surface area contributed by atoms with Crippen molar-refractivity contribution in [1.82, 2.24) is 4.90 Å². The molecular formula is C17H28N2O. The number of likely N-dealkylation sites (tertiary alicyclic amines) is 1. The maximum atomic E-state index is 5.98. The summed E-state index contributed by atoms with van der Waals surface area (Å²) in [6.07, 6.45) is 6.43. The van der Waals surface area contributed by atoms with E-state index in [1.807, 2.05) is 0 Å². The minimum absolute atomic E-state index is 0.438. The van der Waals surface area contributed by atoms with E-state index in [4.69, 9.17) is 10.5 Å². The first-order valence-corrected chi connectivity index (χ1v) is 7.96. The third-order valence-corrected chi connectivity index (χ3v) is 3.93. The molecule has 3 heteroatoms. The van der Waals surface area contributed by atoms with Gasteiger partial charge in [0.1, 0.15) is 0 Å². The van der Waals surface area contributed by atoms with E-state index in [0.29, 0.717) is 6.10 Å². The van der Waals surface area contributed by atoms with Crippen molar-refractivity contribution in [2.75, 3.05) is 26.2 Å². The Morgan fingerprint density at radius 1 is 1.10 bits per heavy atom. The standard InChI is InChI=1S/C17H28N2O/c18-11-6-1-2-7-13-20-17-10-12-19(15-17)14-16-8-4-3-5-9-16/h3-5,8-9,17H,1-2,6-7,10-15,18H2. The normalized spacial score (nSPS) is 19.6. The fourth-order valence-corrected chi connectivity index (χ4v) is 2.77. The van der Waals surface area contributed by atoms with Crippen LogP contribution < -0.4 is 5.73 Å². The summed E-state index contributed by atoms with van der Waals surface area (Å²) in [5.74, 6) is 0. The average molecular weight is 276 g/mol. The number of rotatable bonds is 9. The second-order valence-corrected chi connectivity index (χ2v) is 5.71. The molecule has 1 aliphatic heterocycles. The molecule has 1 atom stereocenters. The first-order valence-electron chi connectivity index (χ1n) is 7.96. The highest BCUT2D eigenvalue weighted by atomic mass is 16.5. The molecule has 1 saturated heterocycles. The van der Waals surface area contributed by atoms with Crippen molar-refractivity contribution in [3.8, 4) is 0 Å². The zero-order valence-corrected chi connectivity index (χ0v) is 12.5. The molecule has 1 fully saturated rings. The van der Waals surface area contributed by atoms with Crippen LogP contribution in [0, 0.1) is 0 Å². The molecule has 1 unspecified atom stereocenters. The molecule has 2 N–H and O–H groups in total. The summed E-state index contributed by atoms with van der Waals surface area (Å²) in [6.45, 7) is 5.02. The molecule has 0 saturated carbocycles. The predicted molar refractivity (Wildman–Crippen MR) is 83.6 cm³/mol. The first-order chi connectivity index (χ1) is 9.88. The lowest BCUT2D eigenvalue weighted by atomic mass is 10.2. The maximum Gasteiger partial charge on any atom is 0.0714 e. The van der Waals surface area contributed by atoms with Gasteiger partial charge >= 0.3 is 0 Å². The van der Waals surface area contributed by atoms with Gasteiger partial charge in [-0.3, -0.25) is 4.90 Å². The zero-order chi connectivity index (χ0) is 14.0. The van der Waals surface area contributed by atoms with E-state index >= 15 is 0 Å². The van der Waals surface area contributed by atoms with Crippen LogP contribution in [-0.2, 0) is 11.3 Å². The Morgan fingerprint density at radius 2 is 1.90 bits per heavy atom. The highest BCUT2D eigenvalue weighted by molar-refractivity contribution is 5.14. The Balaban J connectivity index is 1.56. The van der Waals surface area contributed by atoms with Gasteiger partial charge in [0.2, 0.25) is 0 Å². The summed E-state index contributed by atoms with van der Waals surface area (Å²) >= 11 is 0. The number of hydrogen-bond donors (Lipinski definition) is 1. The van der Waals surface area contributed by atoms with Crippen LogP contribution in [0.2, 0.25) is 0 Å². The molecule has 112 valence electrons. The van der Waals surface area contributed by atoms with Gasteiger partial charge in [0.25, 0.3) is 0 Å². The highest BCUT2D eigenvalue weighted by Gasteiger charge is 2.22.